The summed E-state index contributed by atoms with van der Waals surface area (Å²) in [6.07, 6.45) is 6.22. The lowest BCUT2D eigenvalue weighted by Gasteiger charge is -2.27. The molecule has 3 rings (SSSR count). The smallest absolute Gasteiger partial charge is 0.178 e. The largest absolute Gasteiger partial charge is 0.744 e. The van der Waals surface area contributed by atoms with Gasteiger partial charge in [0.1, 0.15) is 15.9 Å². The molecule has 0 spiro atoms. The van der Waals surface area contributed by atoms with Crippen LogP contribution in [0.1, 0.15) is 17.0 Å². The van der Waals surface area contributed by atoms with E-state index in [-0.39, 0.29) is 22.3 Å². The van der Waals surface area contributed by atoms with Gasteiger partial charge in [-0.3, -0.25) is 4.79 Å². The number of ketones is 1. The summed E-state index contributed by atoms with van der Waals surface area (Å²) in [6.45, 7) is 0. The van der Waals surface area contributed by atoms with Crippen molar-refractivity contribution in [2.75, 3.05) is 0 Å². The Morgan fingerprint density at radius 3 is 2.16 bits per heavy atom. The molecule has 25 heavy (non-hydrogen) atoms. The molecule has 128 valence electrons. The minimum atomic E-state index is -4.66. The summed E-state index contributed by atoms with van der Waals surface area (Å²) in [7, 11) is -4.66. The molecule has 0 amide bonds. The van der Waals surface area contributed by atoms with Gasteiger partial charge in [0, 0.05) is 11.8 Å². The van der Waals surface area contributed by atoms with Gasteiger partial charge < -0.3 is 9.66 Å². The van der Waals surface area contributed by atoms with Crippen LogP contribution in [-0.4, -0.2) is 23.9 Å². The average Bonchev–Trinajstić information content (AvgIpc) is 2.58. The fourth-order valence-corrected chi connectivity index (χ4v) is 3.74. The fraction of sp³-hybridized carbons (Fsp3) is 0.105. The third kappa shape index (κ3) is 3.70. The SMILES string of the molecule is O=C1C=CC(C(c2ccc(O)cc2)c2ccccc2S(=O)(=O)[O-])C=C1. The van der Waals surface area contributed by atoms with Gasteiger partial charge in [0.05, 0.1) is 4.90 Å². The van der Waals surface area contributed by atoms with Crippen LogP contribution >= 0.6 is 0 Å². The number of aromatic hydroxyl groups is 1. The molecule has 0 radical (unpaired) electrons. The summed E-state index contributed by atoms with van der Waals surface area (Å²) >= 11 is 0. The zero-order chi connectivity index (χ0) is 18.0. The van der Waals surface area contributed by atoms with Gasteiger partial charge in [-0.05, 0) is 41.5 Å². The fourth-order valence-electron chi connectivity index (χ4n) is 3.01. The Kier molecular flexibility index (Phi) is 4.57. The van der Waals surface area contributed by atoms with Crippen molar-refractivity contribution in [3.8, 4) is 5.75 Å². The summed E-state index contributed by atoms with van der Waals surface area (Å²) in [5.74, 6) is -0.853. The first-order valence-electron chi connectivity index (χ1n) is 7.60. The molecule has 1 unspecified atom stereocenters. The van der Waals surface area contributed by atoms with Gasteiger partial charge in [-0.2, -0.15) is 0 Å². The molecule has 1 atom stereocenters. The predicted molar refractivity (Wildman–Crippen MR) is 91.1 cm³/mol. The maximum Gasteiger partial charge on any atom is 0.178 e. The Morgan fingerprint density at radius 2 is 1.56 bits per heavy atom. The van der Waals surface area contributed by atoms with Gasteiger partial charge in [0.25, 0.3) is 0 Å². The molecule has 2 aromatic rings. The number of allylic oxidation sites excluding steroid dienone is 4. The predicted octanol–water partition coefficient (Wildman–Crippen LogP) is 2.74. The van der Waals surface area contributed by atoms with Crippen LogP contribution < -0.4 is 0 Å². The summed E-state index contributed by atoms with van der Waals surface area (Å²) < 4.78 is 35.1. The highest BCUT2D eigenvalue weighted by Crippen LogP contribution is 2.38. The molecule has 0 aliphatic heterocycles. The van der Waals surface area contributed by atoms with E-state index in [0.717, 1.165) is 5.56 Å². The van der Waals surface area contributed by atoms with E-state index in [1.54, 1.807) is 36.4 Å². The molecule has 1 aliphatic rings. The molecule has 6 heteroatoms. The van der Waals surface area contributed by atoms with E-state index in [2.05, 4.69) is 0 Å². The molecule has 2 aromatic carbocycles. The number of hydrogen-bond acceptors (Lipinski definition) is 5. The summed E-state index contributed by atoms with van der Waals surface area (Å²) in [4.78, 5) is 11.1. The Labute approximate surface area is 145 Å². The Bertz CT molecular complexity index is 940. The topological polar surface area (TPSA) is 94.5 Å². The van der Waals surface area contributed by atoms with Crippen LogP contribution in [0.3, 0.4) is 0 Å². The number of carbonyl (C=O) groups is 1. The molecular formula is C19H15O5S-. The van der Waals surface area contributed by atoms with Crippen molar-refractivity contribution in [3.05, 3.63) is 84.0 Å². The Morgan fingerprint density at radius 1 is 0.960 bits per heavy atom. The van der Waals surface area contributed by atoms with Crippen LogP contribution in [0.5, 0.6) is 5.75 Å². The quantitative estimate of drug-likeness (QED) is 0.851. The van der Waals surface area contributed by atoms with E-state index >= 15 is 0 Å². The summed E-state index contributed by atoms with van der Waals surface area (Å²) in [5.41, 5.74) is 1.08. The number of carbonyl (C=O) groups excluding carboxylic acids is 1. The minimum Gasteiger partial charge on any atom is -0.744 e. The van der Waals surface area contributed by atoms with E-state index in [0.29, 0.717) is 5.56 Å². The number of phenolic OH excluding ortho intramolecular Hbond substituents is 1. The number of phenols is 1. The van der Waals surface area contributed by atoms with Crippen LogP contribution in [-0.2, 0) is 14.9 Å². The van der Waals surface area contributed by atoms with Crippen molar-refractivity contribution in [2.24, 2.45) is 5.92 Å². The maximum absolute atomic E-state index is 11.7. The standard InChI is InChI=1S/C19H16O5S/c20-15-9-5-13(6-10-15)19(14-7-11-16(21)12-8-14)17-3-1-2-4-18(17)25(22,23)24/h1-13,19,21H,(H,22,23,24)/p-1. The third-order valence-electron chi connectivity index (χ3n) is 4.13. The first-order valence-corrected chi connectivity index (χ1v) is 9.01. The second kappa shape index (κ2) is 6.66. The van der Waals surface area contributed by atoms with Crippen molar-refractivity contribution in [1.29, 1.82) is 0 Å². The number of rotatable bonds is 4. The molecular weight excluding hydrogens is 340 g/mol. The minimum absolute atomic E-state index is 0.0807. The molecule has 1 N–H and O–H groups in total. The van der Waals surface area contributed by atoms with E-state index in [9.17, 15) is 22.9 Å². The maximum atomic E-state index is 11.7. The molecule has 1 aliphatic carbocycles. The van der Waals surface area contributed by atoms with Gasteiger partial charge in [-0.25, -0.2) is 8.42 Å². The first-order chi connectivity index (χ1) is 11.9. The van der Waals surface area contributed by atoms with Crippen molar-refractivity contribution >= 4 is 15.9 Å². The zero-order valence-corrected chi connectivity index (χ0v) is 13.9. The van der Waals surface area contributed by atoms with Crippen molar-refractivity contribution < 1.29 is 22.9 Å². The number of benzene rings is 2. The Balaban J connectivity index is 2.19. The number of hydrogen-bond donors (Lipinski definition) is 1. The van der Waals surface area contributed by atoms with Crippen molar-refractivity contribution in [2.45, 2.75) is 10.8 Å². The highest BCUT2D eigenvalue weighted by atomic mass is 32.2. The molecule has 0 bridgehead atoms. The summed E-state index contributed by atoms with van der Waals surface area (Å²) in [5, 5.41) is 9.52. The average molecular weight is 355 g/mol. The summed E-state index contributed by atoms with van der Waals surface area (Å²) in [6, 6.07) is 12.4. The van der Waals surface area contributed by atoms with Gasteiger partial charge in [0.2, 0.25) is 0 Å². The Hall–Kier alpha value is -2.70. The second-order valence-corrected chi connectivity index (χ2v) is 7.11. The molecule has 0 saturated carbocycles. The van der Waals surface area contributed by atoms with Gasteiger partial charge >= 0.3 is 0 Å². The van der Waals surface area contributed by atoms with Crippen molar-refractivity contribution in [1.82, 2.24) is 0 Å². The molecule has 5 nitrogen and oxygen atoms in total. The molecule has 0 aromatic heterocycles. The monoisotopic (exact) mass is 355 g/mol. The van der Waals surface area contributed by atoms with E-state index in [1.807, 2.05) is 0 Å². The molecule has 0 heterocycles. The van der Waals surface area contributed by atoms with E-state index < -0.39 is 16.0 Å². The highest BCUT2D eigenvalue weighted by Gasteiger charge is 2.26. The van der Waals surface area contributed by atoms with Crippen LogP contribution in [0.2, 0.25) is 0 Å². The van der Waals surface area contributed by atoms with Crippen LogP contribution in [0.4, 0.5) is 0 Å². The second-order valence-electron chi connectivity index (χ2n) is 5.76. The van der Waals surface area contributed by atoms with Gasteiger partial charge in [0.15, 0.2) is 5.78 Å². The highest BCUT2D eigenvalue weighted by molar-refractivity contribution is 7.85. The van der Waals surface area contributed by atoms with E-state index in [4.69, 9.17) is 0 Å². The first kappa shape index (κ1) is 17.1. The lowest BCUT2D eigenvalue weighted by molar-refractivity contribution is -0.110. The normalized spacial score (nSPS) is 16.1. The third-order valence-corrected chi connectivity index (χ3v) is 5.04. The molecule has 0 fully saturated rings. The van der Waals surface area contributed by atoms with Gasteiger partial charge in [-0.1, -0.05) is 42.5 Å². The lowest BCUT2D eigenvalue weighted by atomic mass is 9.79. The zero-order valence-electron chi connectivity index (χ0n) is 13.1. The van der Waals surface area contributed by atoms with Crippen LogP contribution in [0.25, 0.3) is 0 Å². The van der Waals surface area contributed by atoms with Crippen LogP contribution in [0.15, 0.2) is 77.7 Å². The van der Waals surface area contributed by atoms with Crippen LogP contribution in [0, 0.1) is 5.92 Å². The van der Waals surface area contributed by atoms with E-state index in [1.165, 1.54) is 36.4 Å². The van der Waals surface area contributed by atoms with Crippen molar-refractivity contribution in [3.63, 3.8) is 0 Å². The lowest BCUT2D eigenvalue weighted by Crippen LogP contribution is -2.17. The molecule has 0 saturated heterocycles. The van der Waals surface area contributed by atoms with Gasteiger partial charge in [-0.15, -0.1) is 0 Å².